The maximum atomic E-state index is 13.3. The van der Waals surface area contributed by atoms with Crippen molar-refractivity contribution in [3.8, 4) is 0 Å². The maximum absolute atomic E-state index is 13.3. The molecule has 158 valence electrons. The van der Waals surface area contributed by atoms with Crippen molar-refractivity contribution in [2.45, 2.75) is 53.1 Å². The summed E-state index contributed by atoms with van der Waals surface area (Å²) in [5, 5.41) is 2.95. The summed E-state index contributed by atoms with van der Waals surface area (Å²) in [7, 11) is -3.76. The van der Waals surface area contributed by atoms with E-state index in [9.17, 15) is 17.6 Å². The number of hydrogen-bond acceptors (Lipinski definition) is 3. The molecule has 2 rings (SSSR count). The average molecular weight is 421 g/mol. The van der Waals surface area contributed by atoms with Crippen LogP contribution in [0.5, 0.6) is 0 Å². The van der Waals surface area contributed by atoms with Gasteiger partial charge < -0.3 is 5.32 Å². The zero-order valence-electron chi connectivity index (χ0n) is 17.8. The van der Waals surface area contributed by atoms with Crippen LogP contribution in [0.4, 0.5) is 10.1 Å². The van der Waals surface area contributed by atoms with Gasteiger partial charge in [-0.25, -0.2) is 12.8 Å². The number of carbonyl (C=O) groups excluding carboxylic acids is 1. The molecule has 1 amide bonds. The fourth-order valence-corrected chi connectivity index (χ4v) is 4.70. The monoisotopic (exact) mass is 420 g/mol. The number of anilines is 1. The Morgan fingerprint density at radius 2 is 1.62 bits per heavy atom. The summed E-state index contributed by atoms with van der Waals surface area (Å²) in [6, 6.07) is 7.98. The second-order valence-corrected chi connectivity index (χ2v) is 9.34. The Balaban J connectivity index is 2.34. The van der Waals surface area contributed by atoms with Crippen molar-refractivity contribution >= 4 is 21.6 Å². The number of aryl methyl sites for hydroxylation is 3. The fourth-order valence-electron chi connectivity index (χ4n) is 3.48. The molecule has 1 N–H and O–H groups in total. The normalized spacial score (nSPS) is 13.6. The molecule has 0 radical (unpaired) electrons. The molecule has 2 atom stereocenters. The number of carbonyl (C=O) groups is 1. The number of nitrogens with zero attached hydrogens (tertiary/aromatic N) is 1. The topological polar surface area (TPSA) is 66.5 Å². The molecule has 0 saturated heterocycles. The third-order valence-electron chi connectivity index (χ3n) is 5.12. The summed E-state index contributed by atoms with van der Waals surface area (Å²) < 4.78 is 39.3. The summed E-state index contributed by atoms with van der Waals surface area (Å²) in [6.07, 6.45) is 1.32. The third-order valence-corrected chi connectivity index (χ3v) is 6.30. The van der Waals surface area contributed by atoms with Crippen LogP contribution in [-0.2, 0) is 14.8 Å². The molecule has 0 aliphatic rings. The Labute approximate surface area is 173 Å². The molecule has 0 heterocycles. The van der Waals surface area contributed by atoms with Crippen LogP contribution in [-0.4, -0.2) is 26.6 Å². The lowest BCUT2D eigenvalue weighted by Crippen LogP contribution is -2.49. The van der Waals surface area contributed by atoms with Gasteiger partial charge >= 0.3 is 0 Å². The van der Waals surface area contributed by atoms with E-state index < -0.39 is 27.8 Å². The zero-order valence-corrected chi connectivity index (χ0v) is 18.6. The minimum absolute atomic E-state index is 0.255. The number of amides is 1. The van der Waals surface area contributed by atoms with Gasteiger partial charge in [-0.05, 0) is 80.6 Å². The van der Waals surface area contributed by atoms with E-state index in [0.29, 0.717) is 0 Å². The molecule has 0 unspecified atom stereocenters. The number of hydrogen-bond donors (Lipinski definition) is 1. The van der Waals surface area contributed by atoms with E-state index in [1.807, 2.05) is 33.8 Å². The molecular weight excluding hydrogens is 391 g/mol. The van der Waals surface area contributed by atoms with Crippen molar-refractivity contribution in [1.29, 1.82) is 0 Å². The van der Waals surface area contributed by atoms with E-state index in [0.717, 1.165) is 27.3 Å². The molecule has 7 heteroatoms. The number of sulfonamides is 1. The molecule has 0 saturated carbocycles. The lowest BCUT2D eigenvalue weighted by molar-refractivity contribution is -0.122. The summed E-state index contributed by atoms with van der Waals surface area (Å²) in [5.74, 6) is -0.870. The largest absolute Gasteiger partial charge is 0.348 e. The first-order chi connectivity index (χ1) is 13.5. The summed E-state index contributed by atoms with van der Waals surface area (Å²) in [4.78, 5) is 13.1. The van der Waals surface area contributed by atoms with Gasteiger partial charge in [0.2, 0.25) is 15.9 Å². The number of rotatable bonds is 7. The average Bonchev–Trinajstić information content (AvgIpc) is 2.62. The van der Waals surface area contributed by atoms with Crippen molar-refractivity contribution in [3.63, 3.8) is 0 Å². The predicted molar refractivity (Wildman–Crippen MR) is 115 cm³/mol. The summed E-state index contributed by atoms with van der Waals surface area (Å²) in [6.45, 7) is 9.67. The second kappa shape index (κ2) is 8.95. The molecule has 0 aliphatic carbocycles. The number of nitrogens with one attached hydrogen (secondary N) is 1. The van der Waals surface area contributed by atoms with Crippen LogP contribution in [0.1, 0.15) is 48.6 Å². The molecular formula is C22H29FN2O3S. The predicted octanol–water partition coefficient (Wildman–Crippen LogP) is 4.17. The van der Waals surface area contributed by atoms with E-state index in [1.54, 1.807) is 6.92 Å². The van der Waals surface area contributed by atoms with Gasteiger partial charge in [0.25, 0.3) is 0 Å². The molecule has 0 bridgehead atoms. The van der Waals surface area contributed by atoms with Crippen molar-refractivity contribution in [2.75, 3.05) is 10.6 Å². The number of halogens is 1. The Kier molecular flexibility index (Phi) is 7.06. The van der Waals surface area contributed by atoms with Gasteiger partial charge in [-0.2, -0.15) is 0 Å². The minimum atomic E-state index is -3.76. The highest BCUT2D eigenvalue weighted by Crippen LogP contribution is 2.25. The molecule has 0 aliphatic heterocycles. The summed E-state index contributed by atoms with van der Waals surface area (Å²) in [5.41, 5.74) is 4.61. The molecule has 2 aromatic rings. The first kappa shape index (κ1) is 22.9. The minimum Gasteiger partial charge on any atom is -0.348 e. The van der Waals surface area contributed by atoms with Gasteiger partial charge in [-0.15, -0.1) is 0 Å². The lowest BCUT2D eigenvalue weighted by Gasteiger charge is -2.31. The van der Waals surface area contributed by atoms with Crippen LogP contribution < -0.4 is 9.62 Å². The Bertz CT molecular complexity index is 988. The van der Waals surface area contributed by atoms with E-state index in [1.165, 1.54) is 29.8 Å². The smallest absolute Gasteiger partial charge is 0.244 e. The highest BCUT2D eigenvalue weighted by molar-refractivity contribution is 7.92. The van der Waals surface area contributed by atoms with Crippen molar-refractivity contribution in [3.05, 3.63) is 64.5 Å². The highest BCUT2D eigenvalue weighted by Gasteiger charge is 2.32. The third kappa shape index (κ3) is 5.35. The summed E-state index contributed by atoms with van der Waals surface area (Å²) >= 11 is 0. The van der Waals surface area contributed by atoms with Gasteiger partial charge in [-0.1, -0.05) is 19.1 Å². The molecule has 2 aromatic carbocycles. The van der Waals surface area contributed by atoms with E-state index in [4.69, 9.17) is 0 Å². The standard InChI is InChI=1S/C22H29FN2O3S/c1-7-21(25(29(6,27)28)19-10-8-18(23)9-11-19)22(26)24-17(5)20-13-15(3)14(2)12-16(20)4/h8-13,17,21H,7H2,1-6H3,(H,24,26)/t17-,21-/m1/s1. The van der Waals surface area contributed by atoms with Crippen molar-refractivity contribution < 1.29 is 17.6 Å². The zero-order chi connectivity index (χ0) is 21.9. The Morgan fingerprint density at radius 3 is 2.14 bits per heavy atom. The first-order valence-corrected chi connectivity index (χ1v) is 11.4. The number of benzene rings is 2. The maximum Gasteiger partial charge on any atom is 0.244 e. The molecule has 5 nitrogen and oxygen atoms in total. The van der Waals surface area contributed by atoms with Gasteiger partial charge in [0.1, 0.15) is 11.9 Å². The highest BCUT2D eigenvalue weighted by atomic mass is 32.2. The van der Waals surface area contributed by atoms with Crippen molar-refractivity contribution in [1.82, 2.24) is 5.32 Å². The van der Waals surface area contributed by atoms with Gasteiger partial charge in [0.05, 0.1) is 18.0 Å². The fraction of sp³-hybridized carbons (Fsp3) is 0.409. The van der Waals surface area contributed by atoms with Crippen LogP contribution in [0.15, 0.2) is 36.4 Å². The van der Waals surface area contributed by atoms with Gasteiger partial charge in [0, 0.05) is 0 Å². The van der Waals surface area contributed by atoms with Gasteiger partial charge in [0.15, 0.2) is 0 Å². The van der Waals surface area contributed by atoms with E-state index in [-0.39, 0.29) is 18.2 Å². The molecule has 29 heavy (non-hydrogen) atoms. The van der Waals surface area contributed by atoms with Crippen LogP contribution in [0.25, 0.3) is 0 Å². The molecule has 0 aromatic heterocycles. The van der Waals surface area contributed by atoms with Crippen LogP contribution in [0, 0.1) is 26.6 Å². The second-order valence-electron chi connectivity index (χ2n) is 7.48. The van der Waals surface area contributed by atoms with Crippen molar-refractivity contribution in [2.24, 2.45) is 0 Å². The first-order valence-electron chi connectivity index (χ1n) is 9.58. The van der Waals surface area contributed by atoms with Crippen LogP contribution in [0.3, 0.4) is 0 Å². The van der Waals surface area contributed by atoms with Gasteiger partial charge in [-0.3, -0.25) is 9.10 Å². The van der Waals surface area contributed by atoms with E-state index >= 15 is 0 Å². The molecule has 0 spiro atoms. The van der Waals surface area contributed by atoms with E-state index in [2.05, 4.69) is 11.4 Å². The quantitative estimate of drug-likeness (QED) is 0.731. The molecule has 0 fully saturated rings. The lowest BCUT2D eigenvalue weighted by atomic mass is 9.96. The Hall–Kier alpha value is -2.41. The SMILES string of the molecule is CC[C@H](C(=O)N[C@H](C)c1cc(C)c(C)cc1C)N(c1ccc(F)cc1)S(C)(=O)=O. The van der Waals surface area contributed by atoms with Crippen LogP contribution >= 0.6 is 0 Å². The van der Waals surface area contributed by atoms with Crippen LogP contribution in [0.2, 0.25) is 0 Å². The Morgan fingerprint density at radius 1 is 1.07 bits per heavy atom.